The highest BCUT2D eigenvalue weighted by atomic mass is 16.5. The number of Topliss-reactive ketones (excluding diaryl/α,β-unsaturated/α-hetero) is 1. The van der Waals surface area contributed by atoms with Crippen LogP contribution < -0.4 is 0 Å². The molecule has 0 atom stereocenters. The number of H-pyrrole nitrogens is 1. The highest BCUT2D eigenvalue weighted by Gasteiger charge is 2.15. The number of nitrogens with zero attached hydrogens (tertiary/aromatic N) is 2. The smallest absolute Gasteiger partial charge is 0.306 e. The third kappa shape index (κ3) is 3.88. The molecular weight excluding hydrogens is 294 g/mol. The van der Waals surface area contributed by atoms with Crippen molar-refractivity contribution in [3.8, 4) is 0 Å². The molecule has 0 spiro atoms. The molecule has 0 aliphatic heterocycles. The first-order chi connectivity index (χ1) is 10.8. The van der Waals surface area contributed by atoms with Gasteiger partial charge in [-0.15, -0.1) is 0 Å². The summed E-state index contributed by atoms with van der Waals surface area (Å²) in [6, 6.07) is 1.77. The molecule has 2 aromatic heterocycles. The van der Waals surface area contributed by atoms with Gasteiger partial charge in [0.15, 0.2) is 6.61 Å². The van der Waals surface area contributed by atoms with Gasteiger partial charge in [0, 0.05) is 36.1 Å². The van der Waals surface area contributed by atoms with E-state index in [-0.39, 0.29) is 24.8 Å². The first-order valence-corrected chi connectivity index (χ1v) is 7.63. The highest BCUT2D eigenvalue weighted by Crippen LogP contribution is 2.15. The lowest BCUT2D eigenvalue weighted by atomic mass is 10.1. The Bertz CT molecular complexity index is 741. The molecule has 0 amide bonds. The SMILES string of the molecule is Cc1cc(C(=O)COC(=O)CCc2c(C)nn(C)c2C)c(C)[nH]1. The molecule has 0 fully saturated rings. The summed E-state index contributed by atoms with van der Waals surface area (Å²) in [6.45, 7) is 7.39. The Morgan fingerprint density at radius 1 is 1.26 bits per heavy atom. The highest BCUT2D eigenvalue weighted by molar-refractivity contribution is 5.99. The Labute approximate surface area is 135 Å². The van der Waals surface area contributed by atoms with E-state index in [0.29, 0.717) is 12.0 Å². The fraction of sp³-hybridized carbons (Fsp3) is 0.471. The molecule has 0 unspecified atom stereocenters. The molecule has 0 aromatic carbocycles. The summed E-state index contributed by atoms with van der Waals surface area (Å²) < 4.78 is 6.90. The van der Waals surface area contributed by atoms with Crippen LogP contribution in [-0.2, 0) is 23.0 Å². The molecule has 23 heavy (non-hydrogen) atoms. The van der Waals surface area contributed by atoms with Gasteiger partial charge in [-0.1, -0.05) is 0 Å². The summed E-state index contributed by atoms with van der Waals surface area (Å²) in [7, 11) is 1.88. The fourth-order valence-corrected chi connectivity index (χ4v) is 2.72. The molecule has 0 aliphatic rings. The molecule has 6 nitrogen and oxygen atoms in total. The maximum Gasteiger partial charge on any atom is 0.306 e. The zero-order valence-electron chi connectivity index (χ0n) is 14.3. The topological polar surface area (TPSA) is 77.0 Å². The Balaban J connectivity index is 1.86. The van der Waals surface area contributed by atoms with Crippen LogP contribution in [-0.4, -0.2) is 33.1 Å². The van der Waals surface area contributed by atoms with Crippen molar-refractivity contribution >= 4 is 11.8 Å². The minimum Gasteiger partial charge on any atom is -0.457 e. The van der Waals surface area contributed by atoms with Crippen molar-refractivity contribution in [1.29, 1.82) is 0 Å². The predicted octanol–water partition coefficient (Wildman–Crippen LogP) is 2.34. The van der Waals surface area contributed by atoms with Crippen LogP contribution in [0.15, 0.2) is 6.07 Å². The van der Waals surface area contributed by atoms with Crippen molar-refractivity contribution in [2.75, 3.05) is 6.61 Å². The molecule has 2 rings (SSSR count). The van der Waals surface area contributed by atoms with E-state index >= 15 is 0 Å². The summed E-state index contributed by atoms with van der Waals surface area (Å²) >= 11 is 0. The molecule has 0 bridgehead atoms. The maximum atomic E-state index is 12.1. The number of hydrogen-bond donors (Lipinski definition) is 1. The fourth-order valence-electron chi connectivity index (χ4n) is 2.72. The van der Waals surface area contributed by atoms with Crippen LogP contribution in [0.5, 0.6) is 0 Å². The van der Waals surface area contributed by atoms with Crippen LogP contribution in [0.25, 0.3) is 0 Å². The Kier molecular flexibility index (Phi) is 5.03. The average Bonchev–Trinajstić information content (AvgIpc) is 2.94. The molecule has 1 N–H and O–H groups in total. The minimum atomic E-state index is -0.370. The van der Waals surface area contributed by atoms with Crippen molar-refractivity contribution in [3.05, 3.63) is 40.0 Å². The van der Waals surface area contributed by atoms with Gasteiger partial charge in [0.05, 0.1) is 5.69 Å². The maximum absolute atomic E-state index is 12.1. The van der Waals surface area contributed by atoms with Crippen LogP contribution in [0.2, 0.25) is 0 Å². The molecule has 2 heterocycles. The van der Waals surface area contributed by atoms with E-state index in [1.54, 1.807) is 10.7 Å². The second kappa shape index (κ2) is 6.81. The second-order valence-corrected chi connectivity index (χ2v) is 5.85. The van der Waals surface area contributed by atoms with Gasteiger partial charge in [-0.3, -0.25) is 14.3 Å². The van der Waals surface area contributed by atoms with Crippen LogP contribution in [0.3, 0.4) is 0 Å². The van der Waals surface area contributed by atoms with E-state index in [0.717, 1.165) is 28.3 Å². The predicted molar refractivity (Wildman–Crippen MR) is 86.6 cm³/mol. The largest absolute Gasteiger partial charge is 0.457 e. The lowest BCUT2D eigenvalue weighted by molar-refractivity contribution is -0.142. The number of aryl methyl sites for hydroxylation is 4. The lowest BCUT2D eigenvalue weighted by Crippen LogP contribution is -2.15. The molecule has 2 aromatic rings. The molecular formula is C17H23N3O3. The second-order valence-electron chi connectivity index (χ2n) is 5.85. The van der Waals surface area contributed by atoms with Crippen LogP contribution in [0.4, 0.5) is 0 Å². The molecule has 0 aliphatic carbocycles. The normalized spacial score (nSPS) is 10.8. The number of carbonyl (C=O) groups excluding carboxylic acids is 2. The average molecular weight is 317 g/mol. The van der Waals surface area contributed by atoms with E-state index in [2.05, 4.69) is 10.1 Å². The first kappa shape index (κ1) is 17.0. The first-order valence-electron chi connectivity index (χ1n) is 7.63. The number of aromatic amines is 1. The van der Waals surface area contributed by atoms with Crippen molar-refractivity contribution in [2.24, 2.45) is 7.05 Å². The number of ether oxygens (including phenoxy) is 1. The van der Waals surface area contributed by atoms with Gasteiger partial charge in [0.2, 0.25) is 5.78 Å². The van der Waals surface area contributed by atoms with Crippen LogP contribution in [0, 0.1) is 27.7 Å². The number of rotatable bonds is 6. The monoisotopic (exact) mass is 317 g/mol. The van der Waals surface area contributed by atoms with Crippen LogP contribution >= 0.6 is 0 Å². The van der Waals surface area contributed by atoms with E-state index in [1.165, 1.54) is 0 Å². The molecule has 0 radical (unpaired) electrons. The summed E-state index contributed by atoms with van der Waals surface area (Å²) in [4.78, 5) is 27.0. The van der Waals surface area contributed by atoms with Crippen molar-refractivity contribution < 1.29 is 14.3 Å². The van der Waals surface area contributed by atoms with Gasteiger partial charge in [-0.2, -0.15) is 5.10 Å². The van der Waals surface area contributed by atoms with Crippen molar-refractivity contribution in [3.63, 3.8) is 0 Å². The standard InChI is InChI=1S/C17H23N3O3/c1-10-8-15(11(2)18-10)16(21)9-23-17(22)7-6-14-12(3)19-20(5)13(14)4/h8,18H,6-7,9H2,1-5H3. The molecule has 124 valence electrons. The van der Waals surface area contributed by atoms with Gasteiger partial charge in [0.1, 0.15) is 0 Å². The Hall–Kier alpha value is -2.37. The van der Waals surface area contributed by atoms with Crippen LogP contribution in [0.1, 0.15) is 45.1 Å². The van der Waals surface area contributed by atoms with E-state index in [9.17, 15) is 9.59 Å². The van der Waals surface area contributed by atoms with E-state index in [4.69, 9.17) is 4.74 Å². The minimum absolute atomic E-state index is 0.186. The quantitative estimate of drug-likeness (QED) is 0.655. The number of hydrogen-bond acceptors (Lipinski definition) is 4. The molecule has 0 saturated heterocycles. The molecule has 6 heteroatoms. The van der Waals surface area contributed by atoms with E-state index < -0.39 is 0 Å². The van der Waals surface area contributed by atoms with Gasteiger partial charge >= 0.3 is 5.97 Å². The Morgan fingerprint density at radius 2 is 1.96 bits per heavy atom. The zero-order chi connectivity index (χ0) is 17.1. The van der Waals surface area contributed by atoms with Gasteiger partial charge in [0.25, 0.3) is 0 Å². The molecule has 0 saturated carbocycles. The van der Waals surface area contributed by atoms with E-state index in [1.807, 2.05) is 34.7 Å². The summed E-state index contributed by atoms with van der Waals surface area (Å²) in [5, 5.41) is 4.32. The van der Waals surface area contributed by atoms with Gasteiger partial charge in [-0.25, -0.2) is 0 Å². The number of carbonyl (C=O) groups is 2. The van der Waals surface area contributed by atoms with Gasteiger partial charge in [-0.05, 0) is 45.7 Å². The third-order valence-corrected chi connectivity index (χ3v) is 4.05. The number of ketones is 1. The zero-order valence-corrected chi connectivity index (χ0v) is 14.3. The van der Waals surface area contributed by atoms with Gasteiger partial charge < -0.3 is 9.72 Å². The number of esters is 1. The summed E-state index contributed by atoms with van der Waals surface area (Å²) in [5.74, 6) is -0.556. The number of aromatic nitrogens is 3. The Morgan fingerprint density at radius 3 is 2.48 bits per heavy atom. The van der Waals surface area contributed by atoms with Crippen molar-refractivity contribution in [1.82, 2.24) is 14.8 Å². The summed E-state index contributed by atoms with van der Waals surface area (Å²) in [6.07, 6.45) is 0.812. The summed E-state index contributed by atoms with van der Waals surface area (Å²) in [5.41, 5.74) is 5.32. The lowest BCUT2D eigenvalue weighted by Gasteiger charge is -2.05. The third-order valence-electron chi connectivity index (χ3n) is 4.05. The number of nitrogens with one attached hydrogen (secondary N) is 1. The van der Waals surface area contributed by atoms with Crippen molar-refractivity contribution in [2.45, 2.75) is 40.5 Å².